The smallest absolute Gasteiger partial charge is 0.319 e. The number of fused-ring (bicyclic) bond motifs is 4. The Labute approximate surface area is 188 Å². The Hall–Kier alpha value is -2.54. The minimum absolute atomic E-state index is 0.0401. The van der Waals surface area contributed by atoms with Crippen molar-refractivity contribution in [3.8, 4) is 5.75 Å². The van der Waals surface area contributed by atoms with Gasteiger partial charge in [0.05, 0.1) is 20.3 Å². The van der Waals surface area contributed by atoms with Crippen LogP contribution >= 0.6 is 0 Å². The number of carbonyl (C=O) groups is 2. The van der Waals surface area contributed by atoms with Crippen molar-refractivity contribution in [3.63, 3.8) is 0 Å². The first-order chi connectivity index (χ1) is 15.5. The van der Waals surface area contributed by atoms with Gasteiger partial charge in [0.25, 0.3) is 0 Å². The van der Waals surface area contributed by atoms with Gasteiger partial charge in [-0.15, -0.1) is 0 Å². The molecular weight excluding hydrogens is 408 g/mol. The molecule has 1 aliphatic carbocycles. The van der Waals surface area contributed by atoms with Crippen molar-refractivity contribution in [1.82, 2.24) is 9.88 Å². The lowest BCUT2D eigenvalue weighted by Gasteiger charge is -2.58. The van der Waals surface area contributed by atoms with Crippen molar-refractivity contribution < 1.29 is 23.8 Å². The maximum atomic E-state index is 13.8. The number of esters is 2. The fourth-order valence-corrected chi connectivity index (χ4v) is 6.74. The Morgan fingerprint density at radius 3 is 2.88 bits per heavy atom. The largest absolute Gasteiger partial charge is 0.497 e. The number of aromatic nitrogens is 1. The summed E-state index contributed by atoms with van der Waals surface area (Å²) in [6.07, 6.45) is 3.51. The van der Waals surface area contributed by atoms with Gasteiger partial charge in [0.15, 0.2) is 0 Å². The minimum Gasteiger partial charge on any atom is -0.497 e. The molecule has 1 aromatic carbocycles. The molecule has 3 fully saturated rings. The number of nitrogens with zero attached hydrogens (tertiary/aromatic N) is 1. The van der Waals surface area contributed by atoms with Gasteiger partial charge < -0.3 is 19.2 Å². The van der Waals surface area contributed by atoms with Crippen molar-refractivity contribution in [2.45, 2.75) is 51.0 Å². The Kier molecular flexibility index (Phi) is 5.40. The molecule has 172 valence electrons. The second-order valence-corrected chi connectivity index (χ2v) is 9.47. The molecule has 7 heteroatoms. The lowest BCUT2D eigenvalue weighted by Crippen LogP contribution is -2.67. The molecule has 4 aliphatic rings. The molecule has 5 atom stereocenters. The first kappa shape index (κ1) is 21.3. The first-order valence-electron chi connectivity index (χ1n) is 11.7. The van der Waals surface area contributed by atoms with E-state index in [1.807, 2.05) is 19.1 Å². The van der Waals surface area contributed by atoms with Gasteiger partial charge in [-0.2, -0.15) is 0 Å². The molecular formula is C25H32N2O5. The minimum atomic E-state index is -0.726. The quantitative estimate of drug-likeness (QED) is 0.695. The van der Waals surface area contributed by atoms with E-state index in [0.717, 1.165) is 61.1 Å². The van der Waals surface area contributed by atoms with Crippen LogP contribution in [-0.4, -0.2) is 61.3 Å². The van der Waals surface area contributed by atoms with E-state index in [-0.39, 0.29) is 23.9 Å². The zero-order valence-corrected chi connectivity index (χ0v) is 19.1. The zero-order valence-electron chi connectivity index (χ0n) is 19.1. The molecule has 2 saturated heterocycles. The number of ether oxygens (including phenoxy) is 3. The number of aromatic amines is 1. The third-order valence-corrected chi connectivity index (χ3v) is 7.73. The normalized spacial score (nSPS) is 30.5. The Bertz CT molecular complexity index is 1050. The summed E-state index contributed by atoms with van der Waals surface area (Å²) in [5, 5.41) is 1.13. The highest BCUT2D eigenvalue weighted by Crippen LogP contribution is 2.55. The number of piperidine rings is 2. The molecule has 1 saturated carbocycles. The topological polar surface area (TPSA) is 80.9 Å². The standard InChI is InChI=1S/C25H32N2O5/c1-4-31-24(29)25-13-16-11-17(8-10-32-15(2)28)23(25)27(14-16)9-7-19-20-12-18(30-3)5-6-21(20)26-22(19)25/h5-6,12,16-17,23,26H,4,7-11,13-14H2,1-3H3/t16-,17?,23?,25?/m0/s1. The fraction of sp³-hybridized carbons (Fsp3) is 0.600. The lowest BCUT2D eigenvalue weighted by atomic mass is 9.56. The highest BCUT2D eigenvalue weighted by molar-refractivity contribution is 5.92. The van der Waals surface area contributed by atoms with Gasteiger partial charge in [0.2, 0.25) is 0 Å². The van der Waals surface area contributed by atoms with Gasteiger partial charge in [-0.3, -0.25) is 14.5 Å². The van der Waals surface area contributed by atoms with Gasteiger partial charge in [-0.05, 0) is 68.2 Å². The molecule has 1 N–H and O–H groups in total. The molecule has 1 aromatic heterocycles. The monoisotopic (exact) mass is 440 g/mol. The van der Waals surface area contributed by atoms with Crippen molar-refractivity contribution in [3.05, 3.63) is 29.5 Å². The van der Waals surface area contributed by atoms with Gasteiger partial charge >= 0.3 is 11.9 Å². The third kappa shape index (κ3) is 3.20. The van der Waals surface area contributed by atoms with Crippen molar-refractivity contribution in [2.75, 3.05) is 33.4 Å². The maximum Gasteiger partial charge on any atom is 0.319 e. The van der Waals surface area contributed by atoms with Crippen molar-refractivity contribution in [2.24, 2.45) is 11.8 Å². The summed E-state index contributed by atoms with van der Waals surface area (Å²) in [6.45, 7) is 6.00. The maximum absolute atomic E-state index is 13.8. The van der Waals surface area contributed by atoms with Crippen LogP contribution in [0.1, 0.15) is 44.4 Å². The van der Waals surface area contributed by atoms with Crippen LogP contribution in [-0.2, 0) is 30.9 Å². The van der Waals surface area contributed by atoms with E-state index < -0.39 is 5.41 Å². The molecule has 3 aliphatic heterocycles. The molecule has 32 heavy (non-hydrogen) atoms. The van der Waals surface area contributed by atoms with E-state index in [4.69, 9.17) is 14.2 Å². The lowest BCUT2D eigenvalue weighted by molar-refractivity contribution is -0.166. The van der Waals surface area contributed by atoms with E-state index in [1.54, 1.807) is 7.11 Å². The number of rotatable bonds is 6. The summed E-state index contributed by atoms with van der Waals surface area (Å²) in [6, 6.07) is 6.11. The summed E-state index contributed by atoms with van der Waals surface area (Å²) >= 11 is 0. The Morgan fingerprint density at radius 2 is 2.12 bits per heavy atom. The molecule has 4 unspecified atom stereocenters. The van der Waals surface area contributed by atoms with Crippen molar-refractivity contribution in [1.29, 1.82) is 0 Å². The van der Waals surface area contributed by atoms with E-state index in [9.17, 15) is 9.59 Å². The third-order valence-electron chi connectivity index (χ3n) is 7.73. The van der Waals surface area contributed by atoms with E-state index >= 15 is 0 Å². The van der Waals surface area contributed by atoms with Crippen molar-refractivity contribution >= 4 is 22.8 Å². The average molecular weight is 441 g/mol. The number of hydrogen-bond donors (Lipinski definition) is 1. The van der Waals surface area contributed by atoms with Crippen LogP contribution in [0.2, 0.25) is 0 Å². The summed E-state index contributed by atoms with van der Waals surface area (Å²) < 4.78 is 16.5. The highest BCUT2D eigenvalue weighted by atomic mass is 16.5. The number of carbonyl (C=O) groups excluding carboxylic acids is 2. The predicted octanol–water partition coefficient (Wildman–Crippen LogP) is 3.20. The summed E-state index contributed by atoms with van der Waals surface area (Å²) in [7, 11) is 1.68. The van der Waals surface area contributed by atoms with E-state index in [0.29, 0.717) is 19.1 Å². The van der Waals surface area contributed by atoms with E-state index in [2.05, 4.69) is 16.0 Å². The molecule has 6 rings (SSSR count). The van der Waals surface area contributed by atoms with Gasteiger partial charge in [0.1, 0.15) is 11.2 Å². The molecule has 7 nitrogen and oxygen atoms in total. The zero-order chi connectivity index (χ0) is 22.5. The summed E-state index contributed by atoms with van der Waals surface area (Å²) in [5.41, 5.74) is 2.54. The summed E-state index contributed by atoms with van der Waals surface area (Å²) in [4.78, 5) is 31.3. The van der Waals surface area contributed by atoms with Crippen LogP contribution in [0.15, 0.2) is 18.2 Å². The molecule has 4 bridgehead atoms. The molecule has 0 radical (unpaired) electrons. The highest BCUT2D eigenvalue weighted by Gasteiger charge is 2.63. The SMILES string of the molecule is CCOC(=O)C12C[C@@H]3CC(CCOC(C)=O)C1N(CCc1c2[nH]c2ccc(OC)cc12)C3. The van der Waals surface area contributed by atoms with Gasteiger partial charge in [-0.1, -0.05) is 0 Å². The predicted molar refractivity (Wildman–Crippen MR) is 120 cm³/mol. The molecule has 4 heterocycles. The van der Waals surface area contributed by atoms with Crippen LogP contribution in [0.5, 0.6) is 5.75 Å². The number of hydrogen-bond acceptors (Lipinski definition) is 6. The van der Waals surface area contributed by atoms with E-state index in [1.165, 1.54) is 12.5 Å². The van der Waals surface area contributed by atoms with Crippen LogP contribution in [0.3, 0.4) is 0 Å². The average Bonchev–Trinajstić information content (AvgIpc) is 3.11. The van der Waals surface area contributed by atoms with Crippen LogP contribution < -0.4 is 4.74 Å². The van der Waals surface area contributed by atoms with Gasteiger partial charge in [-0.25, -0.2) is 0 Å². The number of H-pyrrole nitrogens is 1. The van der Waals surface area contributed by atoms with Crippen LogP contribution in [0.4, 0.5) is 0 Å². The number of methoxy groups -OCH3 is 1. The van der Waals surface area contributed by atoms with Gasteiger partial charge in [0, 0.05) is 42.7 Å². The Morgan fingerprint density at radius 1 is 1.28 bits per heavy atom. The number of nitrogens with one attached hydrogen (secondary N) is 1. The number of benzene rings is 1. The second-order valence-electron chi connectivity index (χ2n) is 9.47. The molecule has 0 amide bonds. The second kappa shape index (κ2) is 8.10. The summed E-state index contributed by atoms with van der Waals surface area (Å²) in [5.74, 6) is 1.13. The van der Waals surface area contributed by atoms with Crippen LogP contribution in [0.25, 0.3) is 10.9 Å². The fourth-order valence-electron chi connectivity index (χ4n) is 6.74. The van der Waals surface area contributed by atoms with Crippen LogP contribution in [0, 0.1) is 11.8 Å². The molecule has 0 spiro atoms. The Balaban J connectivity index is 1.64. The first-order valence-corrected chi connectivity index (χ1v) is 11.7. The molecule has 2 aromatic rings.